The molecule has 0 radical (unpaired) electrons. The number of aromatic amines is 1. The van der Waals surface area contributed by atoms with Crippen molar-refractivity contribution in [3.8, 4) is 0 Å². The highest BCUT2D eigenvalue weighted by molar-refractivity contribution is 5.80. The lowest BCUT2D eigenvalue weighted by Crippen LogP contribution is -2.39. The van der Waals surface area contributed by atoms with Gasteiger partial charge in [0.05, 0.1) is 18.2 Å². The number of aromatic nitrogens is 5. The maximum Gasteiger partial charge on any atom is 0.252 e. The van der Waals surface area contributed by atoms with E-state index in [0.717, 1.165) is 22.3 Å². The molecule has 31 heavy (non-hydrogen) atoms. The molecule has 0 bridgehead atoms. The molecule has 2 aromatic heterocycles. The molecule has 168 valence electrons. The molecule has 3 aromatic rings. The summed E-state index contributed by atoms with van der Waals surface area (Å²) in [6, 6.07) is 5.90. The average Bonchev–Trinajstić information content (AvgIpc) is 3.14. The van der Waals surface area contributed by atoms with Crippen LogP contribution in [0.4, 0.5) is 0 Å². The van der Waals surface area contributed by atoms with E-state index >= 15 is 0 Å². The molecule has 2 N–H and O–H groups in total. The number of hydrogen-bond donors (Lipinski definition) is 2. The second kappa shape index (κ2) is 8.88. The van der Waals surface area contributed by atoms with Gasteiger partial charge in [-0.2, -0.15) is 0 Å². The molecule has 3 rings (SSSR count). The van der Waals surface area contributed by atoms with Gasteiger partial charge in [0.1, 0.15) is 0 Å². The number of hydrogen-bond acceptors (Lipinski definition) is 6. The third-order valence-electron chi connectivity index (χ3n) is 5.71. The molecule has 2 heterocycles. The van der Waals surface area contributed by atoms with Gasteiger partial charge in [-0.3, -0.25) is 9.69 Å². The predicted molar refractivity (Wildman–Crippen MR) is 122 cm³/mol. The zero-order valence-electron chi connectivity index (χ0n) is 19.6. The molecule has 8 nitrogen and oxygen atoms in total. The third kappa shape index (κ3) is 4.85. The topological polar surface area (TPSA) is 99.9 Å². The fourth-order valence-corrected chi connectivity index (χ4v) is 4.04. The zero-order chi connectivity index (χ0) is 22.9. The first-order valence-corrected chi connectivity index (χ1v) is 10.8. The molecule has 0 saturated carbocycles. The summed E-state index contributed by atoms with van der Waals surface area (Å²) in [6.45, 7) is 15.3. The molecule has 1 atom stereocenters. The Bertz CT molecular complexity index is 1110. The normalized spacial score (nSPS) is 13.5. The Balaban J connectivity index is 2.05. The second-order valence-corrected chi connectivity index (χ2v) is 9.65. The van der Waals surface area contributed by atoms with Crippen molar-refractivity contribution in [2.24, 2.45) is 5.92 Å². The number of aliphatic hydroxyl groups is 1. The molecule has 0 spiro atoms. The lowest BCUT2D eigenvalue weighted by Gasteiger charge is -2.34. The summed E-state index contributed by atoms with van der Waals surface area (Å²) in [6.07, 6.45) is 0. The van der Waals surface area contributed by atoms with E-state index < -0.39 is 0 Å². The summed E-state index contributed by atoms with van der Waals surface area (Å²) in [5.74, 6) is 0.905. The van der Waals surface area contributed by atoms with E-state index in [1.165, 1.54) is 5.56 Å². The summed E-state index contributed by atoms with van der Waals surface area (Å²) in [5.41, 5.74) is 3.42. The van der Waals surface area contributed by atoms with Crippen LogP contribution in [-0.2, 0) is 12.1 Å². The van der Waals surface area contributed by atoms with Crippen molar-refractivity contribution in [2.75, 3.05) is 13.2 Å². The fourth-order valence-electron chi connectivity index (χ4n) is 4.04. The van der Waals surface area contributed by atoms with Crippen molar-refractivity contribution in [2.45, 2.75) is 66.6 Å². The summed E-state index contributed by atoms with van der Waals surface area (Å²) < 4.78 is 1.83. The molecule has 0 fully saturated rings. The van der Waals surface area contributed by atoms with Crippen LogP contribution < -0.4 is 5.56 Å². The van der Waals surface area contributed by atoms with Crippen molar-refractivity contribution < 1.29 is 5.11 Å². The van der Waals surface area contributed by atoms with E-state index in [2.05, 4.69) is 73.0 Å². The van der Waals surface area contributed by atoms with Crippen molar-refractivity contribution in [1.82, 2.24) is 30.1 Å². The minimum atomic E-state index is -0.285. The van der Waals surface area contributed by atoms with Crippen molar-refractivity contribution in [1.29, 1.82) is 0 Å². The number of pyridine rings is 1. The standard InChI is InChI=1S/C23H34N6O2/c1-14(2)20(21-25-26-27-29(21)23(5,6)7)28(8-9-30)13-18-12-17-10-15(3)16(4)11-19(17)24-22(18)31/h10-12,14,20,30H,8-9,13H2,1-7H3,(H,24,31)/t20-/m0/s1. The highest BCUT2D eigenvalue weighted by Crippen LogP contribution is 2.30. The Morgan fingerprint density at radius 3 is 2.45 bits per heavy atom. The number of rotatable bonds is 7. The predicted octanol–water partition coefficient (Wildman–Crippen LogP) is 3.08. The van der Waals surface area contributed by atoms with Crippen molar-refractivity contribution >= 4 is 10.9 Å². The van der Waals surface area contributed by atoms with Crippen LogP contribution in [0.3, 0.4) is 0 Å². The molecule has 0 aliphatic heterocycles. The van der Waals surface area contributed by atoms with Gasteiger partial charge in [0.25, 0.3) is 5.56 Å². The molecule has 0 amide bonds. The Morgan fingerprint density at radius 2 is 1.84 bits per heavy atom. The average molecular weight is 427 g/mol. The van der Waals surface area contributed by atoms with E-state index in [0.29, 0.717) is 18.7 Å². The Labute approximate surface area is 183 Å². The van der Waals surface area contributed by atoms with Crippen LogP contribution in [0.15, 0.2) is 23.0 Å². The lowest BCUT2D eigenvalue weighted by molar-refractivity contribution is 0.101. The number of tetrazole rings is 1. The maximum absolute atomic E-state index is 12.9. The number of aliphatic hydroxyl groups excluding tert-OH is 1. The Kier molecular flexibility index (Phi) is 6.62. The van der Waals surface area contributed by atoms with E-state index in [1.54, 1.807) is 0 Å². The van der Waals surface area contributed by atoms with Crippen LogP contribution in [0.5, 0.6) is 0 Å². The SMILES string of the molecule is Cc1cc2cc(CN(CCO)[C@H](c3nnnn3C(C)(C)C)C(C)C)c(=O)[nH]c2cc1C. The first kappa shape index (κ1) is 23.1. The summed E-state index contributed by atoms with van der Waals surface area (Å²) in [4.78, 5) is 18.0. The molecular formula is C23H34N6O2. The molecule has 8 heteroatoms. The van der Waals surface area contributed by atoms with Gasteiger partial charge in [-0.25, -0.2) is 4.68 Å². The number of benzene rings is 1. The number of nitrogens with one attached hydrogen (secondary N) is 1. The van der Waals surface area contributed by atoms with Gasteiger partial charge in [-0.05, 0) is 85.7 Å². The molecule has 0 saturated heterocycles. The van der Waals surface area contributed by atoms with Crippen LogP contribution in [-0.4, -0.2) is 48.3 Å². The van der Waals surface area contributed by atoms with E-state index in [1.807, 2.05) is 23.7 Å². The van der Waals surface area contributed by atoms with Crippen LogP contribution in [0.25, 0.3) is 10.9 Å². The summed E-state index contributed by atoms with van der Waals surface area (Å²) >= 11 is 0. The monoisotopic (exact) mass is 426 g/mol. The van der Waals surface area contributed by atoms with Gasteiger partial charge in [-0.15, -0.1) is 5.10 Å². The molecule has 0 aliphatic carbocycles. The molecule has 1 aromatic carbocycles. The van der Waals surface area contributed by atoms with E-state index in [-0.39, 0.29) is 29.7 Å². The maximum atomic E-state index is 12.9. The van der Waals surface area contributed by atoms with Crippen LogP contribution in [0, 0.1) is 19.8 Å². The first-order chi connectivity index (χ1) is 14.5. The van der Waals surface area contributed by atoms with E-state index in [9.17, 15) is 9.90 Å². The quantitative estimate of drug-likeness (QED) is 0.602. The lowest BCUT2D eigenvalue weighted by atomic mass is 9.99. The van der Waals surface area contributed by atoms with Crippen LogP contribution in [0.2, 0.25) is 0 Å². The molecular weight excluding hydrogens is 392 g/mol. The van der Waals surface area contributed by atoms with Gasteiger partial charge in [-0.1, -0.05) is 13.8 Å². The van der Waals surface area contributed by atoms with Gasteiger partial charge in [0.15, 0.2) is 5.82 Å². The third-order valence-corrected chi connectivity index (χ3v) is 5.71. The van der Waals surface area contributed by atoms with Crippen molar-refractivity contribution in [3.63, 3.8) is 0 Å². The number of H-pyrrole nitrogens is 1. The Hall–Kier alpha value is -2.58. The second-order valence-electron chi connectivity index (χ2n) is 9.65. The smallest absolute Gasteiger partial charge is 0.252 e. The Morgan fingerprint density at radius 1 is 1.16 bits per heavy atom. The molecule has 0 aliphatic rings. The highest BCUT2D eigenvalue weighted by atomic mass is 16.3. The van der Waals surface area contributed by atoms with Gasteiger partial charge < -0.3 is 10.1 Å². The van der Waals surface area contributed by atoms with Crippen LogP contribution in [0.1, 0.15) is 63.2 Å². The summed E-state index contributed by atoms with van der Waals surface area (Å²) in [5, 5.41) is 23.3. The van der Waals surface area contributed by atoms with Gasteiger partial charge in [0.2, 0.25) is 0 Å². The fraction of sp³-hybridized carbons (Fsp3) is 0.565. The minimum absolute atomic E-state index is 0.0237. The number of nitrogens with zero attached hydrogens (tertiary/aromatic N) is 5. The van der Waals surface area contributed by atoms with Gasteiger partial charge in [0, 0.05) is 24.2 Å². The molecule has 0 unspecified atom stereocenters. The summed E-state index contributed by atoms with van der Waals surface area (Å²) in [7, 11) is 0. The van der Waals surface area contributed by atoms with E-state index in [4.69, 9.17) is 0 Å². The van der Waals surface area contributed by atoms with Crippen LogP contribution >= 0.6 is 0 Å². The zero-order valence-corrected chi connectivity index (χ0v) is 19.6. The van der Waals surface area contributed by atoms with Crippen molar-refractivity contribution in [3.05, 3.63) is 51.1 Å². The number of aryl methyl sites for hydroxylation is 2. The van der Waals surface area contributed by atoms with Gasteiger partial charge >= 0.3 is 0 Å². The first-order valence-electron chi connectivity index (χ1n) is 10.8. The number of fused-ring (bicyclic) bond motifs is 1. The highest BCUT2D eigenvalue weighted by Gasteiger charge is 2.32. The largest absolute Gasteiger partial charge is 0.395 e. The minimum Gasteiger partial charge on any atom is -0.395 e.